The number of rotatable bonds is 6. The summed E-state index contributed by atoms with van der Waals surface area (Å²) >= 11 is 1.43. The van der Waals surface area contributed by atoms with E-state index in [2.05, 4.69) is 15.3 Å². The fourth-order valence-corrected chi connectivity index (χ4v) is 5.01. The lowest BCUT2D eigenvalue weighted by Gasteiger charge is -2.11. The van der Waals surface area contributed by atoms with Crippen molar-refractivity contribution >= 4 is 38.2 Å². The summed E-state index contributed by atoms with van der Waals surface area (Å²) in [7, 11) is 1.32. The van der Waals surface area contributed by atoms with E-state index in [-0.39, 0.29) is 46.4 Å². The highest BCUT2D eigenvalue weighted by molar-refractivity contribution is 7.17. The van der Waals surface area contributed by atoms with Gasteiger partial charge in [-0.2, -0.15) is 13.2 Å². The number of amides is 1. The topological polar surface area (TPSA) is 103 Å². The lowest BCUT2D eigenvalue weighted by Crippen LogP contribution is -2.25. The van der Waals surface area contributed by atoms with Gasteiger partial charge in [-0.25, -0.2) is 14.4 Å². The van der Waals surface area contributed by atoms with Crippen molar-refractivity contribution in [3.8, 4) is 17.2 Å². The quantitative estimate of drug-likeness (QED) is 0.246. The third-order valence-electron chi connectivity index (χ3n) is 5.90. The number of aromatic nitrogens is 2. The van der Waals surface area contributed by atoms with Crippen molar-refractivity contribution < 1.29 is 31.5 Å². The zero-order valence-corrected chi connectivity index (χ0v) is 20.8. The first-order valence-corrected chi connectivity index (χ1v) is 12.2. The summed E-state index contributed by atoms with van der Waals surface area (Å²) in [5.41, 5.74) is 5.90. The molecule has 12 heteroatoms. The number of hydrogen-bond acceptors (Lipinski definition) is 7. The van der Waals surface area contributed by atoms with Crippen LogP contribution in [0.25, 0.3) is 32.4 Å². The average molecular weight is 545 g/mol. The maximum Gasteiger partial charge on any atom is 0.433 e. The van der Waals surface area contributed by atoms with E-state index in [1.807, 2.05) is 5.38 Å². The van der Waals surface area contributed by atoms with Gasteiger partial charge in [-0.05, 0) is 60.3 Å². The number of nitrogens with one attached hydrogen (secondary N) is 1. The number of thiophene rings is 1. The summed E-state index contributed by atoms with van der Waals surface area (Å²) in [6, 6.07) is 8.83. The van der Waals surface area contributed by atoms with Crippen molar-refractivity contribution in [3.05, 3.63) is 76.4 Å². The van der Waals surface area contributed by atoms with E-state index in [4.69, 9.17) is 14.9 Å². The highest BCUT2D eigenvalue weighted by Crippen LogP contribution is 2.37. The Morgan fingerprint density at radius 1 is 1.16 bits per heavy atom. The number of carbonyl (C=O) groups excluding carboxylic acids is 1. The van der Waals surface area contributed by atoms with E-state index >= 15 is 0 Å². The smallest absolute Gasteiger partial charge is 0.433 e. The highest BCUT2D eigenvalue weighted by Gasteiger charge is 2.33. The summed E-state index contributed by atoms with van der Waals surface area (Å²) < 4.78 is 65.5. The van der Waals surface area contributed by atoms with Crippen LogP contribution in [-0.4, -0.2) is 23.0 Å². The van der Waals surface area contributed by atoms with Gasteiger partial charge >= 0.3 is 6.18 Å². The number of halogens is 4. The SMILES string of the molecule is COc1ccc(-c2nc(C(=O)NCc3csc4ccc(F)cc34)c([C@H](C)N)o2)c2ccc(C(F)(F)F)nc12. The Hall–Kier alpha value is -4.03. The molecule has 0 saturated heterocycles. The molecule has 7 nitrogen and oxygen atoms in total. The van der Waals surface area contributed by atoms with Crippen LogP contribution in [0, 0.1) is 5.82 Å². The molecule has 0 spiro atoms. The average Bonchev–Trinajstić information content (AvgIpc) is 3.50. The number of fused-ring (bicyclic) bond motifs is 2. The van der Waals surface area contributed by atoms with E-state index in [1.165, 1.54) is 42.7 Å². The van der Waals surface area contributed by atoms with Crippen LogP contribution in [0.1, 0.15) is 40.5 Å². The summed E-state index contributed by atoms with van der Waals surface area (Å²) in [4.78, 5) is 21.2. The molecule has 0 unspecified atom stereocenters. The summed E-state index contributed by atoms with van der Waals surface area (Å²) in [5, 5.41) is 5.57. The Kier molecular flexibility index (Phi) is 6.53. The van der Waals surface area contributed by atoms with Crippen molar-refractivity contribution in [2.24, 2.45) is 5.73 Å². The molecule has 0 aliphatic heterocycles. The first kappa shape index (κ1) is 25.6. The molecule has 3 N–H and O–H groups in total. The first-order chi connectivity index (χ1) is 18.1. The molecule has 0 radical (unpaired) electrons. The summed E-state index contributed by atoms with van der Waals surface area (Å²) in [6.45, 7) is 1.72. The van der Waals surface area contributed by atoms with Crippen molar-refractivity contribution in [2.45, 2.75) is 25.7 Å². The van der Waals surface area contributed by atoms with Gasteiger partial charge in [0.2, 0.25) is 5.89 Å². The fourth-order valence-electron chi connectivity index (χ4n) is 4.07. The number of nitrogens with zero attached hydrogens (tertiary/aromatic N) is 2. The van der Waals surface area contributed by atoms with Crippen LogP contribution in [0.5, 0.6) is 5.75 Å². The number of hydrogen-bond donors (Lipinski definition) is 2. The molecule has 5 rings (SSSR count). The Labute approximate surface area is 217 Å². The molecular weight excluding hydrogens is 524 g/mol. The molecule has 1 atom stereocenters. The van der Waals surface area contributed by atoms with Crippen LogP contribution in [0.15, 0.2) is 52.3 Å². The molecule has 0 saturated carbocycles. The van der Waals surface area contributed by atoms with Crippen molar-refractivity contribution in [1.29, 1.82) is 0 Å². The Balaban J connectivity index is 1.51. The van der Waals surface area contributed by atoms with Crippen LogP contribution in [0.4, 0.5) is 17.6 Å². The Morgan fingerprint density at radius 2 is 1.95 bits per heavy atom. The van der Waals surface area contributed by atoms with Gasteiger partial charge in [-0.15, -0.1) is 11.3 Å². The number of carbonyl (C=O) groups is 1. The highest BCUT2D eigenvalue weighted by atomic mass is 32.1. The van der Waals surface area contributed by atoms with Gasteiger partial charge in [0.25, 0.3) is 5.91 Å². The maximum absolute atomic E-state index is 13.7. The largest absolute Gasteiger partial charge is 0.494 e. The minimum Gasteiger partial charge on any atom is -0.494 e. The minimum absolute atomic E-state index is 0.0142. The lowest BCUT2D eigenvalue weighted by atomic mass is 10.1. The van der Waals surface area contributed by atoms with Gasteiger partial charge in [-0.3, -0.25) is 4.79 Å². The third-order valence-corrected chi connectivity index (χ3v) is 6.91. The maximum atomic E-state index is 13.7. The molecular formula is C26H20F4N4O3S. The summed E-state index contributed by atoms with van der Waals surface area (Å²) in [6.07, 6.45) is -4.65. The summed E-state index contributed by atoms with van der Waals surface area (Å²) in [5.74, 6) is -0.737. The van der Waals surface area contributed by atoms with E-state index in [9.17, 15) is 22.4 Å². The predicted octanol–water partition coefficient (Wildman–Crippen LogP) is 6.22. The van der Waals surface area contributed by atoms with Crippen molar-refractivity contribution in [1.82, 2.24) is 15.3 Å². The van der Waals surface area contributed by atoms with Gasteiger partial charge < -0.3 is 20.2 Å². The number of oxazole rings is 1. The van der Waals surface area contributed by atoms with Crippen LogP contribution >= 0.6 is 11.3 Å². The standard InChI is InChI=1S/C26H20F4N4O3S/c1-12(31)23-22(24(35)32-10-13-11-38-19-7-3-14(27)9-17(13)19)34-25(37-23)16-4-6-18(36-2)21-15(16)5-8-20(33-21)26(28,29)30/h3-9,11-12H,10,31H2,1-2H3,(H,32,35)/t12-/m0/s1. The predicted molar refractivity (Wildman–Crippen MR) is 134 cm³/mol. The van der Waals surface area contributed by atoms with Crippen LogP contribution < -0.4 is 15.8 Å². The zero-order chi connectivity index (χ0) is 27.2. The number of ether oxygens (including phenoxy) is 1. The fraction of sp³-hybridized carbons (Fsp3) is 0.192. The van der Waals surface area contributed by atoms with E-state index in [0.717, 1.165) is 16.3 Å². The molecule has 0 bridgehead atoms. The van der Waals surface area contributed by atoms with Gasteiger partial charge in [0.15, 0.2) is 11.5 Å². The van der Waals surface area contributed by atoms with Gasteiger partial charge in [0.1, 0.15) is 22.8 Å². The molecule has 196 valence electrons. The van der Waals surface area contributed by atoms with Crippen LogP contribution in [-0.2, 0) is 12.7 Å². The zero-order valence-electron chi connectivity index (χ0n) is 20.0. The monoisotopic (exact) mass is 544 g/mol. The van der Waals surface area contributed by atoms with E-state index in [0.29, 0.717) is 10.9 Å². The van der Waals surface area contributed by atoms with E-state index < -0.39 is 23.8 Å². The number of benzene rings is 2. The number of nitrogens with two attached hydrogens (primary N) is 1. The first-order valence-electron chi connectivity index (χ1n) is 11.3. The van der Waals surface area contributed by atoms with Gasteiger partial charge in [0.05, 0.1) is 13.2 Å². The molecule has 5 aromatic rings. The van der Waals surface area contributed by atoms with E-state index in [1.54, 1.807) is 19.1 Å². The molecule has 1 amide bonds. The second kappa shape index (κ2) is 9.69. The van der Waals surface area contributed by atoms with Crippen LogP contribution in [0.2, 0.25) is 0 Å². The minimum atomic E-state index is -4.65. The number of methoxy groups -OCH3 is 1. The molecule has 3 aromatic heterocycles. The molecule has 0 aliphatic rings. The Bertz CT molecular complexity index is 1680. The van der Waals surface area contributed by atoms with Crippen LogP contribution in [0.3, 0.4) is 0 Å². The second-order valence-corrected chi connectivity index (χ2v) is 9.42. The second-order valence-electron chi connectivity index (χ2n) is 8.51. The van der Waals surface area contributed by atoms with Gasteiger partial charge in [0, 0.05) is 27.6 Å². The van der Waals surface area contributed by atoms with Crippen molar-refractivity contribution in [2.75, 3.05) is 7.11 Å². The van der Waals surface area contributed by atoms with Crippen molar-refractivity contribution in [3.63, 3.8) is 0 Å². The molecule has 0 fully saturated rings. The normalized spacial score (nSPS) is 12.7. The van der Waals surface area contributed by atoms with Gasteiger partial charge in [-0.1, -0.05) is 0 Å². The molecule has 3 heterocycles. The molecule has 2 aromatic carbocycles. The number of alkyl halides is 3. The molecule has 0 aliphatic carbocycles. The lowest BCUT2D eigenvalue weighted by molar-refractivity contribution is -0.140. The Morgan fingerprint density at radius 3 is 2.66 bits per heavy atom. The third kappa shape index (κ3) is 4.68. The number of pyridine rings is 1. The molecule has 38 heavy (non-hydrogen) atoms.